The fourth-order valence-electron chi connectivity index (χ4n) is 2.90. The molecule has 1 saturated heterocycles. The normalized spacial score (nSPS) is 16.8. The Kier molecular flexibility index (Phi) is 6.90. The largest absolute Gasteiger partial charge is 0.370 e. The van der Waals surface area contributed by atoms with Crippen molar-refractivity contribution in [1.82, 2.24) is 4.90 Å². The van der Waals surface area contributed by atoms with E-state index in [9.17, 15) is 9.59 Å². The lowest BCUT2D eigenvalue weighted by Crippen LogP contribution is -2.43. The predicted molar refractivity (Wildman–Crippen MR) is 109 cm³/mol. The summed E-state index contributed by atoms with van der Waals surface area (Å²) in [5.41, 5.74) is 3.00. The number of hydrogen-bond donors (Lipinski definition) is 1. The lowest BCUT2D eigenvalue weighted by Gasteiger charge is -2.33. The molecule has 2 aromatic carbocycles. The molecular formula is C21H24N2O3S. The van der Waals surface area contributed by atoms with Crippen molar-refractivity contribution in [1.29, 1.82) is 0 Å². The minimum absolute atomic E-state index is 0.0485. The first-order chi connectivity index (χ1) is 13.1. The topological polar surface area (TPSA) is 58.6 Å². The van der Waals surface area contributed by atoms with Crippen LogP contribution in [0.4, 0.5) is 5.69 Å². The number of hydrogen-bond acceptors (Lipinski definition) is 4. The fourth-order valence-corrected chi connectivity index (χ4v) is 3.62. The highest BCUT2D eigenvalue weighted by Gasteiger charge is 2.25. The van der Waals surface area contributed by atoms with E-state index in [-0.39, 0.29) is 23.7 Å². The van der Waals surface area contributed by atoms with Crippen LogP contribution in [0.1, 0.15) is 17.2 Å². The molecule has 0 aliphatic carbocycles. The van der Waals surface area contributed by atoms with E-state index < -0.39 is 0 Å². The van der Waals surface area contributed by atoms with E-state index in [0.29, 0.717) is 25.4 Å². The van der Waals surface area contributed by atoms with Crippen molar-refractivity contribution in [2.75, 3.05) is 36.5 Å². The van der Waals surface area contributed by atoms with Gasteiger partial charge < -0.3 is 15.0 Å². The molecule has 1 atom stereocenters. The van der Waals surface area contributed by atoms with Gasteiger partial charge in [0, 0.05) is 12.2 Å². The summed E-state index contributed by atoms with van der Waals surface area (Å²) >= 11 is 1.34. The SMILES string of the molecule is Cc1ccc(NC(=O)CSCC(=O)N2CCOC(c3ccccc3)C2)cc1. The molecule has 0 radical (unpaired) electrons. The van der Waals surface area contributed by atoms with Gasteiger partial charge in [0.25, 0.3) is 0 Å². The molecule has 1 N–H and O–H groups in total. The highest BCUT2D eigenvalue weighted by molar-refractivity contribution is 8.00. The van der Waals surface area contributed by atoms with Crippen LogP contribution in [0.5, 0.6) is 0 Å². The molecule has 1 heterocycles. The van der Waals surface area contributed by atoms with Crippen LogP contribution in [-0.4, -0.2) is 47.9 Å². The second-order valence-corrected chi connectivity index (χ2v) is 7.50. The quantitative estimate of drug-likeness (QED) is 0.830. The molecule has 1 aliphatic rings. The van der Waals surface area contributed by atoms with E-state index in [2.05, 4.69) is 5.32 Å². The van der Waals surface area contributed by atoms with Gasteiger partial charge >= 0.3 is 0 Å². The third-order valence-electron chi connectivity index (χ3n) is 4.38. The summed E-state index contributed by atoms with van der Waals surface area (Å²) in [4.78, 5) is 26.3. The molecule has 6 heteroatoms. The molecule has 1 aliphatic heterocycles. The van der Waals surface area contributed by atoms with Crippen molar-refractivity contribution in [2.24, 2.45) is 0 Å². The first kappa shape index (κ1) is 19.5. The highest BCUT2D eigenvalue weighted by Crippen LogP contribution is 2.22. The lowest BCUT2D eigenvalue weighted by molar-refractivity contribution is -0.136. The monoisotopic (exact) mass is 384 g/mol. The van der Waals surface area contributed by atoms with Crippen LogP contribution in [0, 0.1) is 6.92 Å². The third-order valence-corrected chi connectivity index (χ3v) is 5.30. The number of nitrogens with zero attached hydrogens (tertiary/aromatic N) is 1. The second kappa shape index (κ2) is 9.58. The molecule has 3 rings (SSSR count). The Hall–Kier alpha value is -2.31. The number of anilines is 1. The number of carbonyl (C=O) groups is 2. The molecule has 0 saturated carbocycles. The van der Waals surface area contributed by atoms with Crippen molar-refractivity contribution in [3.8, 4) is 0 Å². The van der Waals surface area contributed by atoms with Crippen LogP contribution in [0.3, 0.4) is 0 Å². The Balaban J connectivity index is 1.42. The Bertz CT molecular complexity index is 765. The molecular weight excluding hydrogens is 360 g/mol. The van der Waals surface area contributed by atoms with E-state index in [4.69, 9.17) is 4.74 Å². The maximum absolute atomic E-state index is 12.5. The zero-order valence-corrected chi connectivity index (χ0v) is 16.2. The maximum atomic E-state index is 12.5. The number of carbonyl (C=O) groups excluding carboxylic acids is 2. The molecule has 2 amide bonds. The molecule has 1 unspecified atom stereocenters. The minimum atomic E-state index is -0.0965. The van der Waals surface area contributed by atoms with E-state index in [1.54, 1.807) is 0 Å². The Labute approximate surface area is 164 Å². The van der Waals surface area contributed by atoms with E-state index in [0.717, 1.165) is 16.8 Å². The highest BCUT2D eigenvalue weighted by atomic mass is 32.2. The van der Waals surface area contributed by atoms with Gasteiger partial charge in [-0.25, -0.2) is 0 Å². The number of nitrogens with one attached hydrogen (secondary N) is 1. The van der Waals surface area contributed by atoms with Crippen molar-refractivity contribution < 1.29 is 14.3 Å². The van der Waals surface area contributed by atoms with Crippen LogP contribution < -0.4 is 5.32 Å². The third kappa shape index (κ3) is 5.84. The summed E-state index contributed by atoms with van der Waals surface area (Å²) in [6, 6.07) is 17.6. The first-order valence-corrected chi connectivity index (χ1v) is 10.2. The Morgan fingerprint density at radius 1 is 1.11 bits per heavy atom. The average molecular weight is 385 g/mol. The number of amides is 2. The van der Waals surface area contributed by atoms with Gasteiger partial charge in [0.1, 0.15) is 6.10 Å². The van der Waals surface area contributed by atoms with Gasteiger partial charge in [-0.3, -0.25) is 9.59 Å². The average Bonchev–Trinajstić information content (AvgIpc) is 2.70. The summed E-state index contributed by atoms with van der Waals surface area (Å²) in [5.74, 6) is 0.502. The summed E-state index contributed by atoms with van der Waals surface area (Å²) in [6.07, 6.45) is -0.0845. The van der Waals surface area contributed by atoms with E-state index in [1.807, 2.05) is 66.4 Å². The minimum Gasteiger partial charge on any atom is -0.370 e. The number of morpholine rings is 1. The molecule has 1 fully saturated rings. The number of ether oxygens (including phenoxy) is 1. The molecule has 2 aromatic rings. The van der Waals surface area contributed by atoms with Gasteiger partial charge in [-0.15, -0.1) is 11.8 Å². The van der Waals surface area contributed by atoms with Crippen molar-refractivity contribution in [3.63, 3.8) is 0 Å². The zero-order chi connectivity index (χ0) is 19.1. The van der Waals surface area contributed by atoms with Crippen molar-refractivity contribution in [2.45, 2.75) is 13.0 Å². The van der Waals surface area contributed by atoms with Gasteiger partial charge in [0.05, 0.1) is 24.7 Å². The standard InChI is InChI=1S/C21H24N2O3S/c1-16-7-9-18(10-8-16)22-20(24)14-27-15-21(25)23-11-12-26-19(13-23)17-5-3-2-4-6-17/h2-10,19H,11-15H2,1H3,(H,22,24). The predicted octanol–water partition coefficient (Wildman–Crippen LogP) is 3.27. The number of rotatable bonds is 6. The van der Waals surface area contributed by atoms with E-state index in [1.165, 1.54) is 11.8 Å². The second-order valence-electron chi connectivity index (χ2n) is 6.52. The summed E-state index contributed by atoms with van der Waals surface area (Å²) < 4.78 is 5.80. The molecule has 27 heavy (non-hydrogen) atoms. The van der Waals surface area contributed by atoms with Crippen LogP contribution in [0.15, 0.2) is 54.6 Å². The Morgan fingerprint density at radius 3 is 2.59 bits per heavy atom. The van der Waals surface area contributed by atoms with Gasteiger partial charge in [-0.2, -0.15) is 0 Å². The van der Waals surface area contributed by atoms with Crippen molar-refractivity contribution in [3.05, 3.63) is 65.7 Å². The van der Waals surface area contributed by atoms with Crippen LogP contribution >= 0.6 is 11.8 Å². The fraction of sp³-hybridized carbons (Fsp3) is 0.333. The number of aryl methyl sites for hydroxylation is 1. The molecule has 5 nitrogen and oxygen atoms in total. The summed E-state index contributed by atoms with van der Waals surface area (Å²) in [7, 11) is 0. The van der Waals surface area contributed by atoms with Gasteiger partial charge in [-0.05, 0) is 24.6 Å². The van der Waals surface area contributed by atoms with Gasteiger partial charge in [0.2, 0.25) is 11.8 Å². The Morgan fingerprint density at radius 2 is 1.85 bits per heavy atom. The lowest BCUT2D eigenvalue weighted by atomic mass is 10.1. The number of benzene rings is 2. The van der Waals surface area contributed by atoms with Gasteiger partial charge in [0.15, 0.2) is 0 Å². The first-order valence-electron chi connectivity index (χ1n) is 9.00. The summed E-state index contributed by atoms with van der Waals surface area (Å²) in [6.45, 7) is 3.68. The molecule has 0 aromatic heterocycles. The summed E-state index contributed by atoms with van der Waals surface area (Å²) in [5, 5.41) is 2.85. The smallest absolute Gasteiger partial charge is 0.234 e. The molecule has 0 bridgehead atoms. The van der Waals surface area contributed by atoms with Crippen LogP contribution in [-0.2, 0) is 14.3 Å². The van der Waals surface area contributed by atoms with Crippen LogP contribution in [0.2, 0.25) is 0 Å². The van der Waals surface area contributed by atoms with Gasteiger partial charge in [-0.1, -0.05) is 48.0 Å². The number of thioether (sulfide) groups is 1. The molecule has 142 valence electrons. The van der Waals surface area contributed by atoms with Crippen LogP contribution in [0.25, 0.3) is 0 Å². The van der Waals surface area contributed by atoms with E-state index >= 15 is 0 Å². The molecule has 0 spiro atoms. The maximum Gasteiger partial charge on any atom is 0.234 e. The zero-order valence-electron chi connectivity index (χ0n) is 15.4. The van der Waals surface area contributed by atoms with Crippen molar-refractivity contribution >= 4 is 29.3 Å².